The topological polar surface area (TPSA) is 49.8 Å². The van der Waals surface area contributed by atoms with Crippen LogP contribution < -0.4 is 0 Å². The summed E-state index contributed by atoms with van der Waals surface area (Å²) in [4.78, 5) is 13.1. The predicted molar refractivity (Wildman–Crippen MR) is 67.3 cm³/mol. The van der Waals surface area contributed by atoms with Crippen LogP contribution in [0.1, 0.15) is 45.4 Å². The molecule has 2 heterocycles. The Bertz CT molecular complexity index is 362. The molecule has 1 aliphatic carbocycles. The van der Waals surface area contributed by atoms with Crippen LogP contribution in [0.5, 0.6) is 0 Å². The second-order valence-corrected chi connectivity index (χ2v) is 6.40. The van der Waals surface area contributed by atoms with Gasteiger partial charge in [0.1, 0.15) is 5.72 Å². The van der Waals surface area contributed by atoms with Crippen LogP contribution in [0.15, 0.2) is 0 Å². The van der Waals surface area contributed by atoms with Crippen molar-refractivity contribution in [3.05, 3.63) is 0 Å². The molecule has 3 fully saturated rings. The average molecular weight is 274 g/mol. The number of β-lactam (4-membered cyclic amide) rings is 1. The number of carbonyl (C=O) groups is 1. The predicted octanol–water partition coefficient (Wildman–Crippen LogP) is 1.64. The number of carbonyl (C=O) groups excluding carboxylic acids is 1. The highest BCUT2D eigenvalue weighted by Gasteiger charge is 2.68. The lowest BCUT2D eigenvalue weighted by atomic mass is 9.74. The molecule has 0 radical (unpaired) electrons. The first-order valence-electron chi connectivity index (χ1n) is 6.87. The summed E-state index contributed by atoms with van der Waals surface area (Å²) < 4.78 is 5.95. The van der Waals surface area contributed by atoms with Gasteiger partial charge in [-0.05, 0) is 39.0 Å². The van der Waals surface area contributed by atoms with Crippen molar-refractivity contribution >= 4 is 17.5 Å². The Balaban J connectivity index is 1.89. The molecule has 102 valence electrons. The molecule has 3 aliphatic rings. The molecule has 18 heavy (non-hydrogen) atoms. The summed E-state index contributed by atoms with van der Waals surface area (Å²) in [6.07, 6.45) is 5.12. The van der Waals surface area contributed by atoms with Crippen LogP contribution in [-0.2, 0) is 9.53 Å². The Morgan fingerprint density at radius 3 is 2.72 bits per heavy atom. The standard InChI is InChI=1S/C13H20ClNO3/c1-9(16)13(14)10-5-8-18-12(15(10)11(13)17)6-3-2-4-7-12/h9-10,16H,2-8H2,1H3/t9-,10+,13+/m0/s1. The Kier molecular flexibility index (Phi) is 2.88. The molecule has 4 nitrogen and oxygen atoms in total. The van der Waals surface area contributed by atoms with Crippen LogP contribution in [0.3, 0.4) is 0 Å². The van der Waals surface area contributed by atoms with Crippen LogP contribution in [0.2, 0.25) is 0 Å². The van der Waals surface area contributed by atoms with Crippen molar-refractivity contribution in [2.24, 2.45) is 0 Å². The van der Waals surface area contributed by atoms with Gasteiger partial charge < -0.3 is 14.7 Å². The number of hydrogen-bond donors (Lipinski definition) is 1. The van der Waals surface area contributed by atoms with Crippen molar-refractivity contribution < 1.29 is 14.6 Å². The number of fused-ring (bicyclic) bond motifs is 2. The van der Waals surface area contributed by atoms with Gasteiger partial charge in [-0.15, -0.1) is 11.6 Å². The molecule has 1 N–H and O–H groups in total. The zero-order valence-corrected chi connectivity index (χ0v) is 11.4. The quantitative estimate of drug-likeness (QED) is 0.584. The molecule has 1 spiro atoms. The number of aliphatic hydroxyl groups is 1. The lowest BCUT2D eigenvalue weighted by Crippen LogP contribution is -2.82. The maximum atomic E-state index is 12.4. The molecule has 1 saturated carbocycles. The number of ether oxygens (including phenoxy) is 1. The number of halogens is 1. The van der Waals surface area contributed by atoms with Crippen LogP contribution in [0, 0.1) is 0 Å². The minimum absolute atomic E-state index is 0.0708. The van der Waals surface area contributed by atoms with Gasteiger partial charge >= 0.3 is 0 Å². The second-order valence-electron chi connectivity index (χ2n) is 5.78. The molecule has 0 aromatic rings. The van der Waals surface area contributed by atoms with E-state index in [0.717, 1.165) is 32.1 Å². The lowest BCUT2D eigenvalue weighted by Gasteiger charge is -2.64. The van der Waals surface area contributed by atoms with Gasteiger partial charge in [-0.3, -0.25) is 4.79 Å². The average Bonchev–Trinajstić information content (AvgIpc) is 2.38. The molecule has 3 rings (SSSR count). The van der Waals surface area contributed by atoms with E-state index in [1.807, 2.05) is 4.90 Å². The summed E-state index contributed by atoms with van der Waals surface area (Å²) >= 11 is 6.37. The number of alkyl halides is 1. The summed E-state index contributed by atoms with van der Waals surface area (Å²) in [6.45, 7) is 2.24. The zero-order chi connectivity index (χ0) is 13.0. The highest BCUT2D eigenvalue weighted by Crippen LogP contribution is 2.52. The highest BCUT2D eigenvalue weighted by atomic mass is 35.5. The van der Waals surface area contributed by atoms with E-state index >= 15 is 0 Å². The van der Waals surface area contributed by atoms with E-state index < -0.39 is 16.7 Å². The summed E-state index contributed by atoms with van der Waals surface area (Å²) in [5.74, 6) is -0.147. The van der Waals surface area contributed by atoms with E-state index in [1.54, 1.807) is 6.92 Å². The SMILES string of the molecule is C[C@H](O)[C@]1(Cl)C(=O)N2[C@@H]1CCOC21CCCCC1. The summed E-state index contributed by atoms with van der Waals surface area (Å²) in [5.41, 5.74) is -0.425. The van der Waals surface area contributed by atoms with Crippen LogP contribution in [0.25, 0.3) is 0 Å². The van der Waals surface area contributed by atoms with Gasteiger partial charge in [0, 0.05) is 0 Å². The summed E-state index contributed by atoms with van der Waals surface area (Å²) in [7, 11) is 0. The molecule has 2 saturated heterocycles. The summed E-state index contributed by atoms with van der Waals surface area (Å²) in [6, 6.07) is -0.0708. The number of nitrogens with zero attached hydrogens (tertiary/aromatic N) is 1. The highest BCUT2D eigenvalue weighted by molar-refractivity contribution is 6.38. The van der Waals surface area contributed by atoms with E-state index in [2.05, 4.69) is 0 Å². The van der Waals surface area contributed by atoms with Crippen molar-refractivity contribution in [2.75, 3.05) is 6.61 Å². The Labute approximate surface area is 112 Å². The molecular weight excluding hydrogens is 254 g/mol. The zero-order valence-electron chi connectivity index (χ0n) is 10.7. The third kappa shape index (κ3) is 1.43. The molecule has 0 unspecified atom stereocenters. The molecule has 3 atom stereocenters. The van der Waals surface area contributed by atoms with Gasteiger partial charge in [0.05, 0.1) is 18.8 Å². The van der Waals surface area contributed by atoms with Crippen molar-refractivity contribution in [1.29, 1.82) is 0 Å². The maximum absolute atomic E-state index is 12.4. The number of hydrogen-bond acceptors (Lipinski definition) is 3. The number of rotatable bonds is 1. The van der Waals surface area contributed by atoms with E-state index in [-0.39, 0.29) is 11.9 Å². The van der Waals surface area contributed by atoms with Crippen LogP contribution >= 0.6 is 11.6 Å². The minimum Gasteiger partial charge on any atom is -0.391 e. The van der Waals surface area contributed by atoms with Gasteiger partial charge in [-0.1, -0.05) is 6.42 Å². The fourth-order valence-corrected chi connectivity index (χ4v) is 4.07. The van der Waals surface area contributed by atoms with Crippen molar-refractivity contribution in [2.45, 2.75) is 68.2 Å². The molecule has 5 heteroatoms. The van der Waals surface area contributed by atoms with E-state index in [1.165, 1.54) is 6.42 Å². The van der Waals surface area contributed by atoms with Crippen LogP contribution in [-0.4, -0.2) is 45.3 Å². The fourth-order valence-electron chi connectivity index (χ4n) is 3.78. The smallest absolute Gasteiger partial charge is 0.251 e. The first-order valence-corrected chi connectivity index (χ1v) is 7.25. The van der Waals surface area contributed by atoms with Gasteiger partial charge in [0.15, 0.2) is 4.87 Å². The molecule has 1 amide bonds. The van der Waals surface area contributed by atoms with Crippen LogP contribution in [0.4, 0.5) is 0 Å². The minimum atomic E-state index is -1.12. The number of amides is 1. The molecule has 0 aromatic heterocycles. The summed E-state index contributed by atoms with van der Waals surface area (Å²) in [5, 5.41) is 9.81. The van der Waals surface area contributed by atoms with Gasteiger partial charge in [-0.2, -0.15) is 0 Å². The molecule has 0 bridgehead atoms. The molecule has 0 aromatic carbocycles. The van der Waals surface area contributed by atoms with Crippen molar-refractivity contribution in [3.63, 3.8) is 0 Å². The Morgan fingerprint density at radius 1 is 1.44 bits per heavy atom. The Morgan fingerprint density at radius 2 is 2.11 bits per heavy atom. The molecular formula is C13H20ClNO3. The van der Waals surface area contributed by atoms with Crippen molar-refractivity contribution in [1.82, 2.24) is 4.90 Å². The third-order valence-electron chi connectivity index (χ3n) is 4.79. The van der Waals surface area contributed by atoms with Crippen molar-refractivity contribution in [3.8, 4) is 0 Å². The molecule has 2 aliphatic heterocycles. The van der Waals surface area contributed by atoms with E-state index in [4.69, 9.17) is 16.3 Å². The third-order valence-corrected chi connectivity index (χ3v) is 5.52. The second kappa shape index (κ2) is 4.09. The first kappa shape index (κ1) is 12.7. The largest absolute Gasteiger partial charge is 0.391 e. The van der Waals surface area contributed by atoms with E-state index in [0.29, 0.717) is 6.61 Å². The normalized spacial score (nSPS) is 40.3. The van der Waals surface area contributed by atoms with Gasteiger partial charge in [0.2, 0.25) is 0 Å². The maximum Gasteiger partial charge on any atom is 0.251 e. The van der Waals surface area contributed by atoms with Gasteiger partial charge in [-0.25, -0.2) is 0 Å². The first-order chi connectivity index (χ1) is 8.52. The lowest BCUT2D eigenvalue weighted by molar-refractivity contribution is -0.257. The van der Waals surface area contributed by atoms with E-state index in [9.17, 15) is 9.90 Å². The Hall–Kier alpha value is -0.320. The van der Waals surface area contributed by atoms with Gasteiger partial charge in [0.25, 0.3) is 5.91 Å². The number of aliphatic hydroxyl groups excluding tert-OH is 1. The monoisotopic (exact) mass is 273 g/mol. The fraction of sp³-hybridized carbons (Fsp3) is 0.923.